The van der Waals surface area contributed by atoms with Gasteiger partial charge < -0.3 is 20.2 Å². The minimum atomic E-state index is -1.07. The molecule has 0 rings (SSSR count). The summed E-state index contributed by atoms with van der Waals surface area (Å²) in [5.74, 6) is -1.82. The number of methoxy groups -OCH3 is 1. The van der Waals surface area contributed by atoms with Crippen LogP contribution in [-0.4, -0.2) is 49.2 Å². The third-order valence-corrected chi connectivity index (χ3v) is 2.64. The summed E-state index contributed by atoms with van der Waals surface area (Å²) >= 11 is 0. The summed E-state index contributed by atoms with van der Waals surface area (Å²) in [5, 5.41) is 17.8. The highest BCUT2D eigenvalue weighted by atomic mass is 16.5. The zero-order valence-corrected chi connectivity index (χ0v) is 12.2. The molecule has 0 aliphatic carbocycles. The normalized spacial score (nSPS) is 14.2. The average Bonchev–Trinajstić information content (AvgIpc) is 2.49. The van der Waals surface area contributed by atoms with Crippen LogP contribution in [0, 0.1) is 16.7 Å². The van der Waals surface area contributed by atoms with Crippen molar-refractivity contribution in [2.24, 2.45) is 0 Å². The molecule has 0 heterocycles. The molecule has 3 atom stereocenters. The van der Waals surface area contributed by atoms with Crippen LogP contribution in [0.5, 0.6) is 0 Å². The number of nitriles is 1. The SMILES string of the molecule is CO[C@H](C)C(=O)N[C@@H](CCC(=O)C=N)C(=O)O[C@H](C)C#N. The summed E-state index contributed by atoms with van der Waals surface area (Å²) < 4.78 is 9.64. The largest absolute Gasteiger partial charge is 0.446 e. The molecule has 0 aromatic heterocycles. The van der Waals surface area contributed by atoms with Gasteiger partial charge in [-0.15, -0.1) is 0 Å². The van der Waals surface area contributed by atoms with E-state index in [9.17, 15) is 14.4 Å². The van der Waals surface area contributed by atoms with E-state index in [1.165, 1.54) is 21.0 Å². The second-order valence-corrected chi connectivity index (χ2v) is 4.30. The minimum absolute atomic E-state index is 0.0205. The van der Waals surface area contributed by atoms with E-state index in [1.54, 1.807) is 6.07 Å². The quantitative estimate of drug-likeness (QED) is 0.453. The van der Waals surface area contributed by atoms with Crippen LogP contribution in [0.25, 0.3) is 0 Å². The molecular weight excluding hydrogens is 278 g/mol. The van der Waals surface area contributed by atoms with Crippen LogP contribution in [0.15, 0.2) is 0 Å². The topological polar surface area (TPSA) is 129 Å². The maximum absolute atomic E-state index is 11.9. The predicted octanol–water partition coefficient (Wildman–Crippen LogP) is -0.0397. The fraction of sp³-hybridized carbons (Fsp3) is 0.615. The summed E-state index contributed by atoms with van der Waals surface area (Å²) in [4.78, 5) is 34.7. The first-order valence-electron chi connectivity index (χ1n) is 6.32. The van der Waals surface area contributed by atoms with Gasteiger partial charge in [-0.25, -0.2) is 4.79 Å². The highest BCUT2D eigenvalue weighted by Gasteiger charge is 2.26. The molecular formula is C13H19N3O5. The molecule has 0 saturated carbocycles. The first-order valence-corrected chi connectivity index (χ1v) is 6.32. The fourth-order valence-electron chi connectivity index (χ4n) is 1.29. The van der Waals surface area contributed by atoms with Gasteiger partial charge in [0.1, 0.15) is 18.2 Å². The van der Waals surface area contributed by atoms with E-state index >= 15 is 0 Å². The molecule has 0 aromatic carbocycles. The second-order valence-electron chi connectivity index (χ2n) is 4.30. The van der Waals surface area contributed by atoms with Crippen molar-refractivity contribution in [3.05, 3.63) is 0 Å². The number of ketones is 1. The summed E-state index contributed by atoms with van der Waals surface area (Å²) in [7, 11) is 1.34. The van der Waals surface area contributed by atoms with Crippen molar-refractivity contribution in [2.45, 2.75) is 44.9 Å². The Kier molecular flexibility index (Phi) is 8.57. The van der Waals surface area contributed by atoms with Gasteiger partial charge in [0, 0.05) is 13.5 Å². The zero-order valence-electron chi connectivity index (χ0n) is 12.2. The lowest BCUT2D eigenvalue weighted by Gasteiger charge is -2.19. The Labute approximate surface area is 122 Å². The van der Waals surface area contributed by atoms with Gasteiger partial charge in [0.15, 0.2) is 11.9 Å². The fourth-order valence-corrected chi connectivity index (χ4v) is 1.29. The molecule has 0 bridgehead atoms. The van der Waals surface area contributed by atoms with E-state index < -0.39 is 35.9 Å². The van der Waals surface area contributed by atoms with E-state index in [-0.39, 0.29) is 12.8 Å². The predicted molar refractivity (Wildman–Crippen MR) is 72.6 cm³/mol. The third kappa shape index (κ3) is 7.17. The van der Waals surface area contributed by atoms with Crippen molar-refractivity contribution in [3.8, 4) is 6.07 Å². The summed E-state index contributed by atoms with van der Waals surface area (Å²) in [6.45, 7) is 2.88. The van der Waals surface area contributed by atoms with Crippen molar-refractivity contribution in [3.63, 3.8) is 0 Å². The van der Waals surface area contributed by atoms with E-state index in [2.05, 4.69) is 5.32 Å². The van der Waals surface area contributed by atoms with Crippen LogP contribution in [-0.2, 0) is 23.9 Å². The summed E-state index contributed by atoms with van der Waals surface area (Å²) in [5.41, 5.74) is 0. The van der Waals surface area contributed by atoms with Gasteiger partial charge in [-0.2, -0.15) is 5.26 Å². The van der Waals surface area contributed by atoms with Crippen LogP contribution >= 0.6 is 0 Å². The van der Waals surface area contributed by atoms with Crippen LogP contribution in [0.4, 0.5) is 0 Å². The van der Waals surface area contributed by atoms with Gasteiger partial charge in [0.2, 0.25) is 5.91 Å². The number of Topliss-reactive ketones (excluding diaryl/α,β-unsaturated/α-hetero) is 1. The van der Waals surface area contributed by atoms with Crippen molar-refractivity contribution >= 4 is 23.9 Å². The maximum Gasteiger partial charge on any atom is 0.329 e. The Morgan fingerprint density at radius 2 is 2.00 bits per heavy atom. The number of hydrogen-bond acceptors (Lipinski definition) is 7. The van der Waals surface area contributed by atoms with Crippen LogP contribution < -0.4 is 5.32 Å². The molecule has 0 fully saturated rings. The maximum atomic E-state index is 11.9. The number of esters is 1. The highest BCUT2D eigenvalue weighted by molar-refractivity contribution is 6.26. The van der Waals surface area contributed by atoms with Crippen LogP contribution in [0.2, 0.25) is 0 Å². The van der Waals surface area contributed by atoms with E-state index in [4.69, 9.17) is 20.1 Å². The van der Waals surface area contributed by atoms with Crippen LogP contribution in [0.1, 0.15) is 26.7 Å². The first kappa shape index (κ1) is 18.7. The number of amides is 1. The van der Waals surface area contributed by atoms with Crippen molar-refractivity contribution in [1.82, 2.24) is 5.32 Å². The van der Waals surface area contributed by atoms with Crippen molar-refractivity contribution < 1.29 is 23.9 Å². The molecule has 0 radical (unpaired) electrons. The Hall–Kier alpha value is -2.27. The average molecular weight is 297 g/mol. The second kappa shape index (κ2) is 9.61. The van der Waals surface area contributed by atoms with Crippen molar-refractivity contribution in [2.75, 3.05) is 7.11 Å². The molecule has 8 heteroatoms. The lowest BCUT2D eigenvalue weighted by molar-refractivity contribution is -0.151. The van der Waals surface area contributed by atoms with Gasteiger partial charge >= 0.3 is 5.97 Å². The Balaban J connectivity index is 4.79. The number of nitrogens with zero attached hydrogens (tertiary/aromatic N) is 1. The Bertz CT molecular complexity index is 444. The smallest absolute Gasteiger partial charge is 0.329 e. The number of nitrogens with one attached hydrogen (secondary N) is 2. The van der Waals surface area contributed by atoms with Gasteiger partial charge in [-0.05, 0) is 20.3 Å². The molecule has 8 nitrogen and oxygen atoms in total. The molecule has 0 unspecified atom stereocenters. The monoisotopic (exact) mass is 297 g/mol. The van der Waals surface area contributed by atoms with E-state index in [1.807, 2.05) is 0 Å². The number of carbonyl (C=O) groups is 3. The van der Waals surface area contributed by atoms with E-state index in [0.717, 1.165) is 0 Å². The standard InChI is InChI=1S/C13H19N3O5/c1-8(6-14)21-13(19)11(5-4-10(17)7-15)16-12(18)9(2)20-3/h7-9,11,15H,4-5H2,1-3H3,(H,16,18)/t8-,9-,11+/m1/s1. The van der Waals surface area contributed by atoms with Gasteiger partial charge in [0.05, 0.1) is 6.21 Å². The highest BCUT2D eigenvalue weighted by Crippen LogP contribution is 2.04. The number of carbonyl (C=O) groups excluding carboxylic acids is 3. The Morgan fingerprint density at radius 1 is 1.38 bits per heavy atom. The van der Waals surface area contributed by atoms with E-state index in [0.29, 0.717) is 6.21 Å². The van der Waals surface area contributed by atoms with Gasteiger partial charge in [-0.3, -0.25) is 9.59 Å². The molecule has 2 N–H and O–H groups in total. The number of rotatable bonds is 9. The lowest BCUT2D eigenvalue weighted by Crippen LogP contribution is -2.46. The molecule has 0 spiro atoms. The van der Waals surface area contributed by atoms with Crippen LogP contribution in [0.3, 0.4) is 0 Å². The van der Waals surface area contributed by atoms with Gasteiger partial charge in [-0.1, -0.05) is 0 Å². The first-order chi connectivity index (χ1) is 9.85. The molecule has 0 saturated heterocycles. The third-order valence-electron chi connectivity index (χ3n) is 2.64. The molecule has 116 valence electrons. The zero-order chi connectivity index (χ0) is 16.4. The molecule has 0 aliphatic heterocycles. The molecule has 0 aliphatic rings. The minimum Gasteiger partial charge on any atom is -0.446 e. The van der Waals surface area contributed by atoms with Crippen molar-refractivity contribution in [1.29, 1.82) is 10.7 Å². The summed E-state index contributed by atoms with van der Waals surface area (Å²) in [6, 6.07) is 0.656. The molecule has 21 heavy (non-hydrogen) atoms. The Morgan fingerprint density at radius 3 is 2.48 bits per heavy atom. The lowest BCUT2D eigenvalue weighted by atomic mass is 10.1. The molecule has 1 amide bonds. The number of ether oxygens (including phenoxy) is 2. The number of hydrogen-bond donors (Lipinski definition) is 2. The molecule has 0 aromatic rings. The van der Waals surface area contributed by atoms with Gasteiger partial charge in [0.25, 0.3) is 0 Å². The summed E-state index contributed by atoms with van der Waals surface area (Å²) in [6.07, 6.45) is -1.21.